The first-order valence-electron chi connectivity index (χ1n) is 3.85. The summed E-state index contributed by atoms with van der Waals surface area (Å²) in [5.41, 5.74) is -2.30. The molecule has 0 aliphatic carbocycles. The average molecular weight is 210 g/mol. The van der Waals surface area contributed by atoms with E-state index >= 15 is 0 Å². The first-order valence-corrected chi connectivity index (χ1v) is 3.85. The van der Waals surface area contributed by atoms with Gasteiger partial charge in [0.1, 0.15) is 17.8 Å². The molecule has 0 aromatic heterocycles. The van der Waals surface area contributed by atoms with E-state index in [0.29, 0.717) is 0 Å². The van der Waals surface area contributed by atoms with E-state index in [1.165, 1.54) is 0 Å². The zero-order chi connectivity index (χ0) is 11.5. The van der Waals surface area contributed by atoms with Crippen molar-refractivity contribution in [3.63, 3.8) is 0 Å². The van der Waals surface area contributed by atoms with Crippen molar-refractivity contribution in [3.05, 3.63) is 0 Å². The number of hydrogen-bond acceptors (Lipinski definition) is 6. The van der Waals surface area contributed by atoms with Crippen molar-refractivity contribution < 1.29 is 35.4 Å². The largest absolute Gasteiger partial charge is 0.479 e. The number of carboxylic acid groups (broad SMARTS) is 1. The molecular weight excluding hydrogens is 196 g/mol. The fourth-order valence-corrected chi connectivity index (χ4v) is 0.837. The molecule has 0 radical (unpaired) electrons. The lowest BCUT2D eigenvalue weighted by Crippen LogP contribution is -2.57. The number of aliphatic carboxylic acids is 1. The summed E-state index contributed by atoms with van der Waals surface area (Å²) in [5.74, 6) is -1.73. The molecule has 0 amide bonds. The summed E-state index contributed by atoms with van der Waals surface area (Å²) in [6.07, 6.45) is -6.07. The summed E-state index contributed by atoms with van der Waals surface area (Å²) in [6, 6.07) is 0. The van der Waals surface area contributed by atoms with Gasteiger partial charge in [0.25, 0.3) is 0 Å². The predicted molar refractivity (Wildman–Crippen MR) is 43.4 cm³/mol. The van der Waals surface area contributed by atoms with Crippen LogP contribution in [0.3, 0.4) is 0 Å². The van der Waals surface area contributed by atoms with E-state index in [1.54, 1.807) is 0 Å². The maximum atomic E-state index is 10.2. The second kappa shape index (κ2) is 4.67. The van der Waals surface area contributed by atoms with Crippen molar-refractivity contribution in [1.29, 1.82) is 0 Å². The number of carboxylic acids is 1. The third-order valence-electron chi connectivity index (χ3n) is 2.00. The zero-order valence-electron chi connectivity index (χ0n) is 7.53. The molecule has 0 spiro atoms. The third-order valence-corrected chi connectivity index (χ3v) is 2.00. The number of aliphatic hydroxyl groups excluding tert-OH is 4. The Bertz CT molecular complexity index is 202. The number of aliphatic hydroxyl groups is 5. The molecule has 0 bridgehead atoms. The topological polar surface area (TPSA) is 138 Å². The average Bonchev–Trinajstić information content (AvgIpc) is 2.13. The SMILES string of the molecule is C[C@@](O)([C@H](O)CO)[C@H](O)[C@@H](O)C(=O)O. The van der Waals surface area contributed by atoms with E-state index in [4.69, 9.17) is 25.5 Å². The highest BCUT2D eigenvalue weighted by molar-refractivity contribution is 5.72. The van der Waals surface area contributed by atoms with Gasteiger partial charge in [-0.05, 0) is 6.92 Å². The molecule has 14 heavy (non-hydrogen) atoms. The maximum absolute atomic E-state index is 10.2. The van der Waals surface area contributed by atoms with Crippen LogP contribution >= 0.6 is 0 Å². The fraction of sp³-hybridized carbons (Fsp3) is 0.857. The zero-order valence-corrected chi connectivity index (χ0v) is 7.53. The normalized spacial score (nSPS) is 22.1. The van der Waals surface area contributed by atoms with Crippen LogP contribution < -0.4 is 0 Å². The van der Waals surface area contributed by atoms with Crippen molar-refractivity contribution in [3.8, 4) is 0 Å². The summed E-state index contributed by atoms with van der Waals surface area (Å²) < 4.78 is 0. The van der Waals surface area contributed by atoms with Gasteiger partial charge in [-0.15, -0.1) is 0 Å². The first-order chi connectivity index (χ1) is 6.25. The van der Waals surface area contributed by atoms with Crippen LogP contribution in [0.5, 0.6) is 0 Å². The summed E-state index contributed by atoms with van der Waals surface area (Å²) in [4.78, 5) is 10.2. The van der Waals surface area contributed by atoms with Crippen molar-refractivity contribution in [2.24, 2.45) is 0 Å². The molecule has 0 aromatic carbocycles. The van der Waals surface area contributed by atoms with Gasteiger partial charge >= 0.3 is 5.97 Å². The van der Waals surface area contributed by atoms with Gasteiger partial charge in [-0.1, -0.05) is 0 Å². The molecule has 6 N–H and O–H groups in total. The minimum atomic E-state index is -2.30. The molecule has 0 aliphatic rings. The molecule has 0 saturated carbocycles. The molecule has 0 rings (SSSR count). The molecule has 0 aliphatic heterocycles. The second-order valence-corrected chi connectivity index (χ2v) is 3.15. The van der Waals surface area contributed by atoms with Crippen molar-refractivity contribution >= 4 is 5.97 Å². The molecule has 7 heteroatoms. The van der Waals surface area contributed by atoms with E-state index in [0.717, 1.165) is 6.92 Å². The Morgan fingerprint density at radius 1 is 1.36 bits per heavy atom. The lowest BCUT2D eigenvalue weighted by molar-refractivity contribution is -0.189. The summed E-state index contributed by atoms with van der Waals surface area (Å²) in [6.45, 7) is 0.0428. The fourth-order valence-electron chi connectivity index (χ4n) is 0.837. The molecule has 7 nitrogen and oxygen atoms in total. The minimum Gasteiger partial charge on any atom is -0.479 e. The highest BCUT2D eigenvalue weighted by atomic mass is 16.4. The van der Waals surface area contributed by atoms with Gasteiger partial charge in [0, 0.05) is 0 Å². The first kappa shape index (κ1) is 13.3. The Balaban J connectivity index is 4.64. The van der Waals surface area contributed by atoms with Gasteiger partial charge in [0.2, 0.25) is 0 Å². The highest BCUT2D eigenvalue weighted by Crippen LogP contribution is 2.18. The Morgan fingerprint density at radius 3 is 2.07 bits per heavy atom. The maximum Gasteiger partial charge on any atom is 0.335 e. The van der Waals surface area contributed by atoms with E-state index < -0.39 is 36.5 Å². The lowest BCUT2D eigenvalue weighted by Gasteiger charge is -2.33. The Kier molecular flexibility index (Phi) is 4.43. The van der Waals surface area contributed by atoms with Gasteiger partial charge in [-0.3, -0.25) is 0 Å². The van der Waals surface area contributed by atoms with Gasteiger partial charge in [-0.25, -0.2) is 4.79 Å². The standard InChI is InChI=1S/C7H14O7/c1-7(14,3(9)2-8)5(11)4(10)6(12)13/h3-5,8-11,14H,2H2,1H3,(H,12,13)/t3-,4-,5-,7-/m1/s1. The van der Waals surface area contributed by atoms with Crippen molar-refractivity contribution in [2.75, 3.05) is 6.61 Å². The molecular formula is C7H14O7. The summed E-state index contributed by atoms with van der Waals surface area (Å²) >= 11 is 0. The van der Waals surface area contributed by atoms with Crippen LogP contribution in [-0.2, 0) is 4.79 Å². The highest BCUT2D eigenvalue weighted by Gasteiger charge is 2.44. The van der Waals surface area contributed by atoms with Crippen LogP contribution in [0.15, 0.2) is 0 Å². The number of rotatable bonds is 5. The second-order valence-electron chi connectivity index (χ2n) is 3.15. The van der Waals surface area contributed by atoms with Crippen LogP contribution in [-0.4, -0.2) is 67.1 Å². The number of carbonyl (C=O) groups is 1. The molecule has 0 saturated heterocycles. The molecule has 0 heterocycles. The van der Waals surface area contributed by atoms with Gasteiger partial charge < -0.3 is 30.6 Å². The number of hydrogen-bond donors (Lipinski definition) is 6. The minimum absolute atomic E-state index is 0.865. The van der Waals surface area contributed by atoms with Crippen LogP contribution in [0.25, 0.3) is 0 Å². The van der Waals surface area contributed by atoms with Gasteiger partial charge in [0.15, 0.2) is 6.10 Å². The summed E-state index contributed by atoms with van der Waals surface area (Å²) in [5, 5.41) is 53.2. The molecule has 4 atom stereocenters. The quantitative estimate of drug-likeness (QED) is 0.282. The predicted octanol–water partition coefficient (Wildman–Crippen LogP) is -3.10. The van der Waals surface area contributed by atoms with Crippen molar-refractivity contribution in [1.82, 2.24) is 0 Å². The monoisotopic (exact) mass is 210 g/mol. The van der Waals surface area contributed by atoms with Crippen molar-refractivity contribution in [2.45, 2.75) is 30.8 Å². The van der Waals surface area contributed by atoms with E-state index in [9.17, 15) is 9.90 Å². The molecule has 0 fully saturated rings. The Hall–Kier alpha value is -0.730. The van der Waals surface area contributed by atoms with Crippen LogP contribution in [0, 0.1) is 0 Å². The van der Waals surface area contributed by atoms with Crippen LogP contribution in [0.2, 0.25) is 0 Å². The third kappa shape index (κ3) is 2.63. The van der Waals surface area contributed by atoms with Gasteiger partial charge in [-0.2, -0.15) is 0 Å². The van der Waals surface area contributed by atoms with E-state index in [1.807, 2.05) is 0 Å². The van der Waals surface area contributed by atoms with Crippen LogP contribution in [0.4, 0.5) is 0 Å². The van der Waals surface area contributed by atoms with Crippen LogP contribution in [0.1, 0.15) is 6.92 Å². The smallest absolute Gasteiger partial charge is 0.335 e. The molecule has 0 aromatic rings. The molecule has 84 valence electrons. The lowest BCUT2D eigenvalue weighted by atomic mass is 9.89. The van der Waals surface area contributed by atoms with E-state index in [2.05, 4.69) is 0 Å². The van der Waals surface area contributed by atoms with Gasteiger partial charge in [0.05, 0.1) is 6.61 Å². The Labute approximate surface area is 79.9 Å². The summed E-state index contributed by atoms with van der Waals surface area (Å²) in [7, 11) is 0. The molecule has 0 unspecified atom stereocenters. The Morgan fingerprint density at radius 2 is 1.79 bits per heavy atom. The van der Waals surface area contributed by atoms with E-state index in [-0.39, 0.29) is 0 Å².